The molecule has 0 aliphatic heterocycles. The number of carbonyl (C=O) groups excluding carboxylic acids is 2. The van der Waals surface area contributed by atoms with Gasteiger partial charge in [-0.3, -0.25) is 9.59 Å². The minimum Gasteiger partial charge on any atom is -0.466 e. The molecule has 14 heavy (non-hydrogen) atoms. The average molecular weight is 198 g/mol. The van der Waals surface area contributed by atoms with Crippen LogP contribution in [0.3, 0.4) is 0 Å². The van der Waals surface area contributed by atoms with Crippen LogP contribution in [0.15, 0.2) is 0 Å². The molecular weight excluding hydrogens is 180 g/mol. The SMILES string of the molecule is CCOC(=O)[C@H](C)C1CCC(=O)CC1. The molecule has 0 aromatic carbocycles. The highest BCUT2D eigenvalue weighted by Gasteiger charge is 2.28. The van der Waals surface area contributed by atoms with Crippen LogP contribution in [0.4, 0.5) is 0 Å². The van der Waals surface area contributed by atoms with Gasteiger partial charge in [0, 0.05) is 12.8 Å². The van der Waals surface area contributed by atoms with Crippen LogP contribution in [0.2, 0.25) is 0 Å². The van der Waals surface area contributed by atoms with E-state index in [1.54, 1.807) is 0 Å². The lowest BCUT2D eigenvalue weighted by Crippen LogP contribution is -2.27. The summed E-state index contributed by atoms with van der Waals surface area (Å²) in [5.74, 6) is 0.499. The average Bonchev–Trinajstić information content (AvgIpc) is 2.18. The van der Waals surface area contributed by atoms with Gasteiger partial charge in [-0.25, -0.2) is 0 Å². The van der Waals surface area contributed by atoms with E-state index in [0.717, 1.165) is 12.8 Å². The molecule has 0 amide bonds. The smallest absolute Gasteiger partial charge is 0.308 e. The van der Waals surface area contributed by atoms with Crippen molar-refractivity contribution in [1.29, 1.82) is 0 Å². The lowest BCUT2D eigenvalue weighted by Gasteiger charge is -2.25. The second-order valence-electron chi connectivity index (χ2n) is 3.92. The monoisotopic (exact) mass is 198 g/mol. The molecular formula is C11H18O3. The molecule has 0 spiro atoms. The van der Waals surface area contributed by atoms with E-state index >= 15 is 0 Å². The number of rotatable bonds is 3. The van der Waals surface area contributed by atoms with E-state index in [-0.39, 0.29) is 11.9 Å². The van der Waals surface area contributed by atoms with Crippen LogP contribution in [-0.4, -0.2) is 18.4 Å². The number of hydrogen-bond acceptors (Lipinski definition) is 3. The van der Waals surface area contributed by atoms with Gasteiger partial charge in [-0.05, 0) is 25.7 Å². The molecule has 1 rings (SSSR count). The Bertz CT molecular complexity index is 213. The van der Waals surface area contributed by atoms with Gasteiger partial charge in [0.15, 0.2) is 0 Å². The zero-order valence-electron chi connectivity index (χ0n) is 8.91. The van der Waals surface area contributed by atoms with Gasteiger partial charge in [-0.1, -0.05) is 6.92 Å². The van der Waals surface area contributed by atoms with E-state index in [4.69, 9.17) is 4.74 Å². The molecule has 0 unspecified atom stereocenters. The first kappa shape index (κ1) is 11.2. The quantitative estimate of drug-likeness (QED) is 0.651. The molecule has 0 radical (unpaired) electrons. The number of carbonyl (C=O) groups is 2. The molecule has 0 bridgehead atoms. The van der Waals surface area contributed by atoms with E-state index in [0.29, 0.717) is 31.1 Å². The number of hydrogen-bond donors (Lipinski definition) is 0. The van der Waals surface area contributed by atoms with Gasteiger partial charge >= 0.3 is 5.97 Å². The van der Waals surface area contributed by atoms with Crippen molar-refractivity contribution in [3.05, 3.63) is 0 Å². The molecule has 3 heteroatoms. The first-order valence-electron chi connectivity index (χ1n) is 5.33. The summed E-state index contributed by atoms with van der Waals surface area (Å²) >= 11 is 0. The Morgan fingerprint density at radius 1 is 1.50 bits per heavy atom. The Morgan fingerprint density at radius 3 is 2.57 bits per heavy atom. The zero-order valence-corrected chi connectivity index (χ0v) is 8.91. The highest BCUT2D eigenvalue weighted by Crippen LogP contribution is 2.28. The number of ketones is 1. The van der Waals surface area contributed by atoms with Gasteiger partial charge < -0.3 is 4.74 Å². The van der Waals surface area contributed by atoms with Crippen LogP contribution in [0.5, 0.6) is 0 Å². The molecule has 0 saturated heterocycles. The first-order valence-corrected chi connectivity index (χ1v) is 5.33. The van der Waals surface area contributed by atoms with Crippen LogP contribution in [0.25, 0.3) is 0 Å². The summed E-state index contributed by atoms with van der Waals surface area (Å²) in [4.78, 5) is 22.4. The molecule has 1 aliphatic carbocycles. The normalized spacial score (nSPS) is 20.6. The summed E-state index contributed by atoms with van der Waals surface area (Å²) in [6.45, 7) is 4.16. The van der Waals surface area contributed by atoms with Crippen molar-refractivity contribution in [3.8, 4) is 0 Å². The first-order chi connectivity index (χ1) is 6.65. The van der Waals surface area contributed by atoms with E-state index < -0.39 is 0 Å². The van der Waals surface area contributed by atoms with Crippen molar-refractivity contribution in [1.82, 2.24) is 0 Å². The van der Waals surface area contributed by atoms with E-state index in [2.05, 4.69) is 0 Å². The highest BCUT2D eigenvalue weighted by molar-refractivity contribution is 5.79. The van der Waals surface area contributed by atoms with E-state index in [9.17, 15) is 9.59 Å². The maximum atomic E-state index is 11.4. The van der Waals surface area contributed by atoms with Crippen molar-refractivity contribution in [2.75, 3.05) is 6.61 Å². The molecule has 0 aromatic heterocycles. The Labute approximate surface area is 84.8 Å². The predicted molar refractivity (Wildman–Crippen MR) is 52.8 cm³/mol. The molecule has 1 atom stereocenters. The van der Waals surface area contributed by atoms with Crippen LogP contribution in [0, 0.1) is 11.8 Å². The molecule has 1 aliphatic rings. The minimum atomic E-state index is -0.119. The zero-order chi connectivity index (χ0) is 10.6. The molecule has 3 nitrogen and oxygen atoms in total. The third-order valence-electron chi connectivity index (χ3n) is 2.95. The Morgan fingerprint density at radius 2 is 2.07 bits per heavy atom. The predicted octanol–water partition coefficient (Wildman–Crippen LogP) is 1.94. The topological polar surface area (TPSA) is 43.4 Å². The number of Topliss-reactive ketones (excluding diaryl/α,β-unsaturated/α-hetero) is 1. The Kier molecular flexibility index (Phi) is 4.11. The largest absolute Gasteiger partial charge is 0.466 e. The van der Waals surface area contributed by atoms with Crippen LogP contribution < -0.4 is 0 Å². The second-order valence-corrected chi connectivity index (χ2v) is 3.92. The summed E-state index contributed by atoms with van der Waals surface area (Å²) in [5.41, 5.74) is 0. The van der Waals surface area contributed by atoms with E-state index in [1.165, 1.54) is 0 Å². The summed E-state index contributed by atoms with van der Waals surface area (Å²) in [5, 5.41) is 0. The van der Waals surface area contributed by atoms with Gasteiger partial charge in [-0.15, -0.1) is 0 Å². The third kappa shape index (κ3) is 2.82. The molecule has 0 N–H and O–H groups in total. The highest BCUT2D eigenvalue weighted by atomic mass is 16.5. The molecule has 1 fully saturated rings. The Hall–Kier alpha value is -0.860. The van der Waals surface area contributed by atoms with Gasteiger partial charge in [0.25, 0.3) is 0 Å². The number of ether oxygens (including phenoxy) is 1. The fourth-order valence-electron chi connectivity index (χ4n) is 1.93. The lowest BCUT2D eigenvalue weighted by molar-refractivity contribution is -0.150. The second kappa shape index (κ2) is 5.13. The fraction of sp³-hybridized carbons (Fsp3) is 0.818. The van der Waals surface area contributed by atoms with Crippen LogP contribution >= 0.6 is 0 Å². The summed E-state index contributed by atoms with van der Waals surface area (Å²) in [6, 6.07) is 0. The molecule has 0 aromatic rings. The number of esters is 1. The van der Waals surface area contributed by atoms with Gasteiger partial charge in [-0.2, -0.15) is 0 Å². The van der Waals surface area contributed by atoms with Crippen molar-refractivity contribution in [2.24, 2.45) is 11.8 Å². The van der Waals surface area contributed by atoms with Crippen molar-refractivity contribution >= 4 is 11.8 Å². The van der Waals surface area contributed by atoms with Crippen molar-refractivity contribution in [3.63, 3.8) is 0 Å². The fourth-order valence-corrected chi connectivity index (χ4v) is 1.93. The maximum Gasteiger partial charge on any atom is 0.308 e. The summed E-state index contributed by atoms with van der Waals surface area (Å²) < 4.78 is 4.96. The Balaban J connectivity index is 2.40. The maximum absolute atomic E-state index is 11.4. The lowest BCUT2D eigenvalue weighted by atomic mass is 9.80. The minimum absolute atomic E-state index is 0.0527. The molecule has 80 valence electrons. The van der Waals surface area contributed by atoms with Crippen molar-refractivity contribution in [2.45, 2.75) is 39.5 Å². The van der Waals surface area contributed by atoms with E-state index in [1.807, 2.05) is 13.8 Å². The van der Waals surface area contributed by atoms with Gasteiger partial charge in [0.05, 0.1) is 12.5 Å². The summed E-state index contributed by atoms with van der Waals surface area (Å²) in [7, 11) is 0. The van der Waals surface area contributed by atoms with Gasteiger partial charge in [0.1, 0.15) is 5.78 Å². The van der Waals surface area contributed by atoms with Crippen LogP contribution in [-0.2, 0) is 14.3 Å². The summed E-state index contributed by atoms with van der Waals surface area (Å²) in [6.07, 6.45) is 2.96. The standard InChI is InChI=1S/C11H18O3/c1-3-14-11(13)8(2)9-4-6-10(12)7-5-9/h8-9H,3-7H2,1-2H3/t8-/m1/s1. The molecule has 1 saturated carbocycles. The van der Waals surface area contributed by atoms with Gasteiger partial charge in [0.2, 0.25) is 0 Å². The van der Waals surface area contributed by atoms with Crippen LogP contribution in [0.1, 0.15) is 39.5 Å². The van der Waals surface area contributed by atoms with Crippen molar-refractivity contribution < 1.29 is 14.3 Å². The third-order valence-corrected chi connectivity index (χ3v) is 2.95. The molecule has 0 heterocycles.